The lowest BCUT2D eigenvalue weighted by molar-refractivity contribution is -0.0327. The second-order valence-electron chi connectivity index (χ2n) is 3.08. The minimum Gasteiger partial charge on any atom is -0.369 e. The van der Waals surface area contributed by atoms with Crippen molar-refractivity contribution in [2.75, 3.05) is 23.0 Å². The van der Waals surface area contributed by atoms with Gasteiger partial charge in [0, 0.05) is 24.1 Å². The van der Waals surface area contributed by atoms with Crippen LogP contribution in [0.15, 0.2) is 6.07 Å². The molecule has 1 aromatic rings. The van der Waals surface area contributed by atoms with Crippen LogP contribution in [0.3, 0.4) is 0 Å². The number of nitrogens with two attached hydrogens (primary N) is 1. The molecule has 0 radical (unpaired) electrons. The summed E-state index contributed by atoms with van der Waals surface area (Å²) in [7, 11) is 0. The largest absolute Gasteiger partial charge is 0.441 e. The summed E-state index contributed by atoms with van der Waals surface area (Å²) in [5.41, 5.74) is -1.26. The fourth-order valence-electron chi connectivity index (χ4n) is 1.07. The van der Waals surface area contributed by atoms with Crippen LogP contribution in [0, 0.1) is 6.92 Å². The molecule has 9 heteroatoms. The van der Waals surface area contributed by atoms with Crippen LogP contribution in [0.2, 0.25) is 0 Å². The summed E-state index contributed by atoms with van der Waals surface area (Å²) in [4.78, 5) is 7.88. The predicted molar refractivity (Wildman–Crippen MR) is 61.6 cm³/mol. The van der Waals surface area contributed by atoms with Crippen molar-refractivity contribution in [3.63, 3.8) is 0 Å². The van der Waals surface area contributed by atoms with Gasteiger partial charge >= 0.3 is 5.51 Å². The van der Waals surface area contributed by atoms with Crippen LogP contribution in [0.4, 0.5) is 24.9 Å². The van der Waals surface area contributed by atoms with Crippen LogP contribution in [0.5, 0.6) is 0 Å². The number of nitrogens with zero attached hydrogens (tertiary/aromatic N) is 2. The van der Waals surface area contributed by atoms with Gasteiger partial charge in [-0.3, -0.25) is 5.43 Å². The summed E-state index contributed by atoms with van der Waals surface area (Å²) in [5, 5.41) is 2.77. The molecule has 17 heavy (non-hydrogen) atoms. The summed E-state index contributed by atoms with van der Waals surface area (Å²) >= 11 is -0.0793. The molecule has 0 aliphatic carbocycles. The molecule has 1 aromatic heterocycles. The van der Waals surface area contributed by atoms with Gasteiger partial charge < -0.3 is 5.32 Å². The average Bonchev–Trinajstić information content (AvgIpc) is 2.22. The number of aromatic nitrogens is 2. The van der Waals surface area contributed by atoms with Crippen LogP contribution in [-0.4, -0.2) is 27.8 Å². The Bertz CT molecular complexity index is 371. The molecular weight excluding hydrogens is 255 g/mol. The summed E-state index contributed by atoms with van der Waals surface area (Å²) < 4.78 is 35.5. The number of anilines is 2. The van der Waals surface area contributed by atoms with Gasteiger partial charge in [-0.05, 0) is 18.7 Å². The Morgan fingerprint density at radius 3 is 2.71 bits per heavy atom. The van der Waals surface area contributed by atoms with Crippen LogP contribution in [0.25, 0.3) is 0 Å². The van der Waals surface area contributed by atoms with Crippen molar-refractivity contribution < 1.29 is 13.2 Å². The minimum absolute atomic E-state index is 0.0793. The zero-order valence-electron chi connectivity index (χ0n) is 9.01. The summed E-state index contributed by atoms with van der Waals surface area (Å²) in [6.45, 7) is 1.89. The van der Waals surface area contributed by atoms with Crippen molar-refractivity contribution in [2.45, 2.75) is 12.4 Å². The number of alkyl halides is 3. The molecule has 0 saturated carbocycles. The number of hydrogen-bond acceptors (Lipinski definition) is 6. The third kappa shape index (κ3) is 5.59. The van der Waals surface area contributed by atoms with Gasteiger partial charge in [0.05, 0.1) is 0 Å². The van der Waals surface area contributed by atoms with Crippen molar-refractivity contribution in [1.29, 1.82) is 0 Å². The lowest BCUT2D eigenvalue weighted by Crippen LogP contribution is -2.14. The number of thioether (sulfide) groups is 1. The molecule has 5 nitrogen and oxygen atoms in total. The SMILES string of the molecule is Cc1cc(NCCSC(F)(F)F)nc(NN)n1. The Labute approximate surface area is 100 Å². The number of halogens is 3. The predicted octanol–water partition coefficient (Wildman–Crippen LogP) is 1.74. The van der Waals surface area contributed by atoms with E-state index in [2.05, 4.69) is 20.7 Å². The fourth-order valence-corrected chi connectivity index (χ4v) is 1.51. The minimum atomic E-state index is -4.20. The van der Waals surface area contributed by atoms with Gasteiger partial charge in [-0.1, -0.05) is 0 Å². The van der Waals surface area contributed by atoms with Gasteiger partial charge in [0.1, 0.15) is 5.82 Å². The Kier molecular flexibility index (Phi) is 4.82. The molecule has 0 saturated heterocycles. The number of rotatable bonds is 5. The maximum atomic E-state index is 11.8. The molecule has 1 heterocycles. The van der Waals surface area contributed by atoms with Crippen LogP contribution < -0.4 is 16.6 Å². The van der Waals surface area contributed by atoms with E-state index in [0.717, 1.165) is 0 Å². The molecule has 0 unspecified atom stereocenters. The number of nitrogen functional groups attached to an aromatic ring is 1. The molecule has 0 atom stereocenters. The first-order valence-corrected chi connectivity index (χ1v) is 5.66. The third-order valence-electron chi connectivity index (χ3n) is 1.66. The lowest BCUT2D eigenvalue weighted by Gasteiger charge is -2.09. The smallest absolute Gasteiger partial charge is 0.369 e. The van der Waals surface area contributed by atoms with Crippen LogP contribution >= 0.6 is 11.8 Å². The van der Waals surface area contributed by atoms with Gasteiger partial charge in [0.2, 0.25) is 5.95 Å². The van der Waals surface area contributed by atoms with Crippen molar-refractivity contribution in [3.8, 4) is 0 Å². The van der Waals surface area contributed by atoms with E-state index in [-0.39, 0.29) is 30.0 Å². The molecule has 96 valence electrons. The van der Waals surface area contributed by atoms with E-state index in [9.17, 15) is 13.2 Å². The summed E-state index contributed by atoms with van der Waals surface area (Å²) in [6, 6.07) is 1.62. The zero-order valence-corrected chi connectivity index (χ0v) is 9.82. The molecule has 0 spiro atoms. The van der Waals surface area contributed by atoms with Gasteiger partial charge in [-0.25, -0.2) is 10.8 Å². The van der Waals surface area contributed by atoms with E-state index in [1.165, 1.54) is 0 Å². The monoisotopic (exact) mass is 267 g/mol. The molecule has 0 bridgehead atoms. The van der Waals surface area contributed by atoms with Crippen molar-refractivity contribution in [1.82, 2.24) is 9.97 Å². The van der Waals surface area contributed by atoms with E-state index < -0.39 is 5.51 Å². The molecule has 0 aromatic carbocycles. The molecule has 4 N–H and O–H groups in total. The number of hydrazine groups is 1. The van der Waals surface area contributed by atoms with Gasteiger partial charge in [0.25, 0.3) is 0 Å². The fraction of sp³-hybridized carbons (Fsp3) is 0.500. The Hall–Kier alpha value is -1.22. The number of hydrogen-bond donors (Lipinski definition) is 3. The highest BCUT2D eigenvalue weighted by molar-refractivity contribution is 8.00. The summed E-state index contributed by atoms with van der Waals surface area (Å²) in [5.74, 6) is 5.72. The number of aryl methyl sites for hydroxylation is 1. The zero-order chi connectivity index (χ0) is 12.9. The first-order chi connectivity index (χ1) is 7.90. The average molecular weight is 267 g/mol. The van der Waals surface area contributed by atoms with Crippen LogP contribution in [0.1, 0.15) is 5.69 Å². The second kappa shape index (κ2) is 5.92. The highest BCUT2D eigenvalue weighted by Gasteiger charge is 2.27. The van der Waals surface area contributed by atoms with Crippen molar-refractivity contribution in [2.24, 2.45) is 5.84 Å². The lowest BCUT2D eigenvalue weighted by atomic mass is 10.4. The first-order valence-electron chi connectivity index (χ1n) is 4.67. The van der Waals surface area contributed by atoms with Crippen molar-refractivity contribution in [3.05, 3.63) is 11.8 Å². The highest BCUT2D eigenvalue weighted by atomic mass is 32.2. The maximum absolute atomic E-state index is 11.8. The first kappa shape index (κ1) is 13.8. The number of nitrogens with one attached hydrogen (secondary N) is 2. The van der Waals surface area contributed by atoms with E-state index in [1.54, 1.807) is 13.0 Å². The highest BCUT2D eigenvalue weighted by Crippen LogP contribution is 2.29. The normalized spacial score (nSPS) is 11.4. The van der Waals surface area contributed by atoms with E-state index in [1.807, 2.05) is 0 Å². The second-order valence-corrected chi connectivity index (χ2v) is 4.24. The summed E-state index contributed by atoms with van der Waals surface area (Å²) in [6.07, 6.45) is 0. The van der Waals surface area contributed by atoms with E-state index in [0.29, 0.717) is 11.5 Å². The Morgan fingerprint density at radius 2 is 2.12 bits per heavy atom. The van der Waals surface area contributed by atoms with E-state index in [4.69, 9.17) is 5.84 Å². The van der Waals surface area contributed by atoms with Gasteiger partial charge in [-0.15, -0.1) is 0 Å². The molecule has 0 fully saturated rings. The maximum Gasteiger partial charge on any atom is 0.441 e. The third-order valence-corrected chi connectivity index (χ3v) is 2.39. The van der Waals surface area contributed by atoms with Crippen LogP contribution in [-0.2, 0) is 0 Å². The van der Waals surface area contributed by atoms with Gasteiger partial charge in [0.15, 0.2) is 0 Å². The molecule has 1 rings (SSSR count). The van der Waals surface area contributed by atoms with Crippen molar-refractivity contribution >= 4 is 23.5 Å². The molecule has 0 aliphatic rings. The topological polar surface area (TPSA) is 75.9 Å². The molecule has 0 amide bonds. The standard InChI is InChI=1S/C8H12F3N5S/c1-5-4-6(15-7(14-5)16-12)13-2-3-17-8(9,10)11/h4H,2-3,12H2,1H3,(H2,13,14,15,16). The Morgan fingerprint density at radius 1 is 1.41 bits per heavy atom. The molecule has 0 aliphatic heterocycles. The molecular formula is C8H12F3N5S. The quantitative estimate of drug-likeness (QED) is 0.428. The van der Waals surface area contributed by atoms with E-state index >= 15 is 0 Å². The Balaban J connectivity index is 2.44. The van der Waals surface area contributed by atoms with Gasteiger partial charge in [-0.2, -0.15) is 18.2 Å².